The summed E-state index contributed by atoms with van der Waals surface area (Å²) in [6.07, 6.45) is 8.02. The Morgan fingerprint density at radius 2 is 2.43 bits per heavy atom. The fourth-order valence-corrected chi connectivity index (χ4v) is 1.48. The van der Waals surface area contributed by atoms with Crippen LogP contribution in [0.2, 0.25) is 0 Å². The lowest BCUT2D eigenvalue weighted by atomic mass is 10.2. The molecule has 0 amide bonds. The molecule has 1 atom stereocenters. The highest BCUT2D eigenvalue weighted by Gasteiger charge is 2.12. The zero-order chi connectivity index (χ0) is 11.9. The second kappa shape index (κ2) is 8.27. The summed E-state index contributed by atoms with van der Waals surface area (Å²) in [5, 5.41) is 0. The van der Waals surface area contributed by atoms with Crippen molar-refractivity contribution in [1.82, 2.24) is 0 Å². The molecule has 0 bridgehead atoms. The molecule has 1 aliphatic rings. The fourth-order valence-electron chi connectivity index (χ4n) is 1.39. The zero-order valence-corrected chi connectivity index (χ0v) is 9.13. The highest BCUT2D eigenvalue weighted by Crippen LogP contribution is 2.13. The number of halogens is 1. The third kappa shape index (κ3) is 5.63. The first-order valence-corrected chi connectivity index (χ1v) is 5.55. The minimum atomic E-state index is -1.73. The molecule has 0 aromatic carbocycles. The highest BCUT2D eigenvalue weighted by molar-refractivity contribution is 6.18. The van der Waals surface area contributed by atoms with Crippen LogP contribution in [-0.2, 0) is 9.47 Å². The van der Waals surface area contributed by atoms with Gasteiger partial charge in [-0.05, 0) is 32.1 Å². The quantitative estimate of drug-likeness (QED) is 0.389. The van der Waals surface area contributed by atoms with Crippen LogP contribution in [0.1, 0.15) is 34.8 Å². The van der Waals surface area contributed by atoms with E-state index in [-0.39, 0.29) is 6.29 Å². The van der Waals surface area contributed by atoms with E-state index >= 15 is 0 Å². The summed E-state index contributed by atoms with van der Waals surface area (Å²) in [6, 6.07) is 0. The Hall–Kier alpha value is -0.0500. The molecule has 0 aromatic rings. The first kappa shape index (κ1) is 9.20. The molecule has 14 heavy (non-hydrogen) atoms. The van der Waals surface area contributed by atoms with E-state index in [4.69, 9.17) is 23.8 Å². The second-order valence-electron chi connectivity index (χ2n) is 3.32. The van der Waals surface area contributed by atoms with Crippen molar-refractivity contribution in [3.63, 3.8) is 0 Å². The summed E-state index contributed by atoms with van der Waals surface area (Å²) < 4.78 is 25.1. The average Bonchev–Trinajstić information content (AvgIpc) is 2.23. The number of rotatable bonds is 6. The van der Waals surface area contributed by atoms with E-state index in [1.54, 1.807) is 6.08 Å². The predicted octanol–water partition coefficient (Wildman–Crippen LogP) is 3.10. The van der Waals surface area contributed by atoms with Gasteiger partial charge in [0.15, 0.2) is 6.29 Å². The molecular formula is C11H19ClO2. The number of alkyl halides is 1. The molecule has 0 N–H and O–H groups in total. The molecule has 82 valence electrons. The summed E-state index contributed by atoms with van der Waals surface area (Å²) in [7, 11) is 0. The van der Waals surface area contributed by atoms with Gasteiger partial charge < -0.3 is 9.47 Å². The van der Waals surface area contributed by atoms with Gasteiger partial charge >= 0.3 is 0 Å². The third-order valence-corrected chi connectivity index (χ3v) is 2.26. The van der Waals surface area contributed by atoms with E-state index in [0.29, 0.717) is 6.61 Å². The maximum Gasteiger partial charge on any atom is 0.157 e. The highest BCUT2D eigenvalue weighted by atomic mass is 35.5. The Morgan fingerprint density at radius 3 is 3.14 bits per heavy atom. The standard InChI is InChI=1S/C11H19ClO2/c12-8-4-1-2-5-9-13-11-7-3-6-10-14-11/h1,4,11H,2-3,5-10H2/b4-1-/i8D2. The number of ether oxygens (including phenoxy) is 2. The summed E-state index contributed by atoms with van der Waals surface area (Å²) in [4.78, 5) is 0. The maximum atomic E-state index is 7.07. The third-order valence-electron chi connectivity index (χ3n) is 2.14. The van der Waals surface area contributed by atoms with Crippen molar-refractivity contribution in [2.24, 2.45) is 0 Å². The maximum absolute atomic E-state index is 7.07. The van der Waals surface area contributed by atoms with Crippen molar-refractivity contribution in [2.75, 3.05) is 19.0 Å². The molecule has 0 radical (unpaired) electrons. The minimum Gasteiger partial charge on any atom is -0.353 e. The van der Waals surface area contributed by atoms with Crippen molar-refractivity contribution in [1.29, 1.82) is 0 Å². The van der Waals surface area contributed by atoms with Crippen molar-refractivity contribution < 1.29 is 12.2 Å². The zero-order valence-electron chi connectivity index (χ0n) is 10.4. The number of hydrogen-bond acceptors (Lipinski definition) is 2. The van der Waals surface area contributed by atoms with Crippen molar-refractivity contribution >= 4 is 11.6 Å². The van der Waals surface area contributed by atoms with Crippen LogP contribution < -0.4 is 0 Å². The summed E-state index contributed by atoms with van der Waals surface area (Å²) in [6.45, 7) is 1.46. The molecule has 1 unspecified atom stereocenters. The van der Waals surface area contributed by atoms with Gasteiger partial charge in [0, 0.05) is 15.2 Å². The van der Waals surface area contributed by atoms with Crippen LogP contribution in [0.4, 0.5) is 0 Å². The van der Waals surface area contributed by atoms with Gasteiger partial charge in [0.1, 0.15) is 0 Å². The van der Waals surface area contributed by atoms with Crippen molar-refractivity contribution in [3.8, 4) is 0 Å². The molecular weight excluding hydrogens is 200 g/mol. The number of allylic oxidation sites excluding steroid dienone is 2. The topological polar surface area (TPSA) is 18.5 Å². The minimum absolute atomic E-state index is 0.0304. The van der Waals surface area contributed by atoms with E-state index in [1.807, 2.05) is 0 Å². The lowest BCUT2D eigenvalue weighted by molar-refractivity contribution is -0.162. The normalized spacial score (nSPS) is 26.2. The molecule has 0 aromatic heterocycles. The SMILES string of the molecule is [2H]C([2H])(Cl)/C=C\CCCOC1CCCCO1. The van der Waals surface area contributed by atoms with Crippen molar-refractivity contribution in [2.45, 2.75) is 38.4 Å². The van der Waals surface area contributed by atoms with Crippen LogP contribution in [-0.4, -0.2) is 25.3 Å². The van der Waals surface area contributed by atoms with Crippen LogP contribution in [0.5, 0.6) is 0 Å². The first-order valence-electron chi connectivity index (χ1n) is 6.18. The lowest BCUT2D eigenvalue weighted by Crippen LogP contribution is -2.22. The summed E-state index contributed by atoms with van der Waals surface area (Å²) in [5.74, 6) is -1.73. The molecule has 0 saturated carbocycles. The van der Waals surface area contributed by atoms with E-state index in [9.17, 15) is 0 Å². The smallest absolute Gasteiger partial charge is 0.157 e. The van der Waals surface area contributed by atoms with Gasteiger partial charge in [-0.25, -0.2) is 0 Å². The number of unbranched alkanes of at least 4 members (excludes halogenated alkanes) is 1. The lowest BCUT2D eigenvalue weighted by Gasteiger charge is -2.22. The number of hydrogen-bond donors (Lipinski definition) is 0. The molecule has 1 saturated heterocycles. The van der Waals surface area contributed by atoms with Gasteiger partial charge in [-0.2, -0.15) is 0 Å². The predicted molar refractivity (Wildman–Crippen MR) is 58.6 cm³/mol. The molecule has 0 aliphatic carbocycles. The average molecular weight is 221 g/mol. The monoisotopic (exact) mass is 220 g/mol. The van der Waals surface area contributed by atoms with E-state index in [1.165, 1.54) is 12.5 Å². The van der Waals surface area contributed by atoms with Crippen LogP contribution >= 0.6 is 11.6 Å². The van der Waals surface area contributed by atoms with Gasteiger partial charge in [-0.3, -0.25) is 0 Å². The van der Waals surface area contributed by atoms with Gasteiger partial charge in [0.05, 0.1) is 6.61 Å². The Bertz CT molecular complexity index is 211. The van der Waals surface area contributed by atoms with Gasteiger partial charge in [0.2, 0.25) is 0 Å². The molecule has 1 heterocycles. The van der Waals surface area contributed by atoms with Crippen LogP contribution in [0.15, 0.2) is 12.2 Å². The molecule has 2 nitrogen and oxygen atoms in total. The molecule has 1 aliphatic heterocycles. The molecule has 1 fully saturated rings. The second-order valence-corrected chi connectivity index (χ2v) is 3.54. The molecule has 0 spiro atoms. The summed E-state index contributed by atoms with van der Waals surface area (Å²) >= 11 is 5.36. The van der Waals surface area contributed by atoms with E-state index in [0.717, 1.165) is 32.3 Å². The van der Waals surface area contributed by atoms with E-state index < -0.39 is 5.83 Å². The van der Waals surface area contributed by atoms with E-state index in [2.05, 4.69) is 0 Å². The molecule has 3 heteroatoms. The Kier molecular flexibility index (Phi) is 5.43. The van der Waals surface area contributed by atoms with Crippen LogP contribution in [0.3, 0.4) is 0 Å². The Balaban J connectivity index is 1.97. The Morgan fingerprint density at radius 1 is 1.50 bits per heavy atom. The van der Waals surface area contributed by atoms with Gasteiger partial charge in [0.25, 0.3) is 0 Å². The fraction of sp³-hybridized carbons (Fsp3) is 0.818. The van der Waals surface area contributed by atoms with Crippen LogP contribution in [0, 0.1) is 0 Å². The van der Waals surface area contributed by atoms with Gasteiger partial charge in [-0.1, -0.05) is 12.2 Å². The Labute approximate surface area is 94.0 Å². The largest absolute Gasteiger partial charge is 0.353 e. The summed E-state index contributed by atoms with van der Waals surface area (Å²) in [5.41, 5.74) is 0. The van der Waals surface area contributed by atoms with Gasteiger partial charge in [-0.15, -0.1) is 11.6 Å². The van der Waals surface area contributed by atoms with Crippen LogP contribution in [0.25, 0.3) is 0 Å². The first-order chi connectivity index (χ1) is 7.58. The molecule has 1 rings (SSSR count). The van der Waals surface area contributed by atoms with Crippen molar-refractivity contribution in [3.05, 3.63) is 12.2 Å².